The summed E-state index contributed by atoms with van der Waals surface area (Å²) in [7, 11) is 0. The number of imidazole rings is 1. The highest BCUT2D eigenvalue weighted by Crippen LogP contribution is 2.34. The van der Waals surface area contributed by atoms with E-state index in [1.54, 1.807) is 0 Å². The molecular weight excluding hydrogens is 399 g/mol. The summed E-state index contributed by atoms with van der Waals surface area (Å²) in [4.78, 5) is 22.9. The van der Waals surface area contributed by atoms with Gasteiger partial charge >= 0.3 is 0 Å². The van der Waals surface area contributed by atoms with Crippen LogP contribution in [0.25, 0.3) is 11.3 Å². The van der Waals surface area contributed by atoms with Gasteiger partial charge < -0.3 is 20.4 Å². The zero-order chi connectivity index (χ0) is 18.1. The molecule has 6 nitrogen and oxygen atoms in total. The number of nitrogens with one attached hydrogen (secondary N) is 1. The first kappa shape index (κ1) is 22.7. The average Bonchev–Trinajstić information content (AvgIpc) is 3.40. The summed E-state index contributed by atoms with van der Waals surface area (Å²) in [6.07, 6.45) is 5.07. The minimum Gasteiger partial charge on any atom is -0.364 e. The van der Waals surface area contributed by atoms with Gasteiger partial charge in [-0.1, -0.05) is 23.8 Å². The average molecular weight is 427 g/mol. The number of aryl methyl sites for hydroxylation is 1. The van der Waals surface area contributed by atoms with E-state index in [9.17, 15) is 4.79 Å². The SMILES string of the molecule is Cc1cccc(-c2cnc(C3CCCN3C(=O)[C@@H]3CC[C@H](CN)O3)[nH]2)c1.Cl.Cl. The first-order valence-electron chi connectivity index (χ1n) is 9.43. The summed E-state index contributed by atoms with van der Waals surface area (Å²) in [5.41, 5.74) is 8.99. The second-order valence-electron chi connectivity index (χ2n) is 7.30. The first-order valence-corrected chi connectivity index (χ1v) is 9.43. The molecule has 0 spiro atoms. The lowest BCUT2D eigenvalue weighted by Crippen LogP contribution is -2.39. The monoisotopic (exact) mass is 426 g/mol. The molecule has 0 saturated carbocycles. The summed E-state index contributed by atoms with van der Waals surface area (Å²) < 4.78 is 5.81. The highest BCUT2D eigenvalue weighted by atomic mass is 35.5. The molecule has 1 unspecified atom stereocenters. The fourth-order valence-electron chi connectivity index (χ4n) is 4.03. The van der Waals surface area contributed by atoms with Gasteiger partial charge in [-0.15, -0.1) is 24.8 Å². The van der Waals surface area contributed by atoms with Crippen LogP contribution in [-0.2, 0) is 9.53 Å². The molecule has 1 aromatic carbocycles. The predicted octanol–water partition coefficient (Wildman–Crippen LogP) is 3.40. The maximum absolute atomic E-state index is 12.9. The molecule has 2 fully saturated rings. The molecule has 2 saturated heterocycles. The Morgan fingerprint density at radius 1 is 1.32 bits per heavy atom. The number of nitrogens with two attached hydrogens (primary N) is 1. The normalized spacial score (nSPS) is 23.9. The van der Waals surface area contributed by atoms with Crippen molar-refractivity contribution in [2.45, 2.75) is 50.9 Å². The van der Waals surface area contributed by atoms with Crippen LogP contribution in [0.15, 0.2) is 30.5 Å². The smallest absolute Gasteiger partial charge is 0.252 e. The van der Waals surface area contributed by atoms with E-state index >= 15 is 0 Å². The molecule has 1 amide bonds. The number of nitrogens with zero attached hydrogens (tertiary/aromatic N) is 2. The predicted molar refractivity (Wildman–Crippen MR) is 114 cm³/mol. The molecule has 3 heterocycles. The number of halogens is 2. The Kier molecular flexibility index (Phi) is 7.89. The van der Waals surface area contributed by atoms with Gasteiger partial charge in [-0.3, -0.25) is 4.79 Å². The van der Waals surface area contributed by atoms with Crippen LogP contribution in [-0.4, -0.2) is 46.1 Å². The minimum absolute atomic E-state index is 0. The minimum atomic E-state index is -0.352. The van der Waals surface area contributed by atoms with Gasteiger partial charge in [0.2, 0.25) is 0 Å². The topological polar surface area (TPSA) is 84.2 Å². The third-order valence-electron chi connectivity index (χ3n) is 5.42. The van der Waals surface area contributed by atoms with Crippen molar-refractivity contribution in [1.29, 1.82) is 0 Å². The van der Waals surface area contributed by atoms with Crippen molar-refractivity contribution >= 4 is 30.7 Å². The van der Waals surface area contributed by atoms with Crippen molar-refractivity contribution < 1.29 is 9.53 Å². The lowest BCUT2D eigenvalue weighted by molar-refractivity contribution is -0.143. The van der Waals surface area contributed by atoms with Crippen LogP contribution >= 0.6 is 24.8 Å². The highest BCUT2D eigenvalue weighted by Gasteiger charge is 2.39. The Balaban J connectivity index is 0.00000140. The lowest BCUT2D eigenvalue weighted by Gasteiger charge is -2.26. The molecule has 0 aliphatic carbocycles. The van der Waals surface area contributed by atoms with Crippen LogP contribution in [0.1, 0.15) is 43.1 Å². The number of benzene rings is 1. The summed E-state index contributed by atoms with van der Waals surface area (Å²) in [6.45, 7) is 3.32. The number of aromatic amines is 1. The molecule has 3 N–H and O–H groups in total. The van der Waals surface area contributed by atoms with E-state index in [-0.39, 0.29) is 49.0 Å². The third-order valence-corrected chi connectivity index (χ3v) is 5.42. The summed E-state index contributed by atoms with van der Waals surface area (Å²) in [5.74, 6) is 0.942. The van der Waals surface area contributed by atoms with Crippen molar-refractivity contribution in [2.24, 2.45) is 5.73 Å². The van der Waals surface area contributed by atoms with E-state index in [2.05, 4.69) is 35.1 Å². The van der Waals surface area contributed by atoms with Crippen molar-refractivity contribution in [3.05, 3.63) is 41.9 Å². The third kappa shape index (κ3) is 4.51. The van der Waals surface area contributed by atoms with Crippen LogP contribution in [0.2, 0.25) is 0 Å². The van der Waals surface area contributed by atoms with Crippen molar-refractivity contribution in [2.75, 3.05) is 13.1 Å². The number of carbonyl (C=O) groups is 1. The van der Waals surface area contributed by atoms with Gasteiger partial charge in [0.1, 0.15) is 11.9 Å². The number of amides is 1. The highest BCUT2D eigenvalue weighted by molar-refractivity contribution is 5.85. The number of ether oxygens (including phenoxy) is 1. The zero-order valence-corrected chi connectivity index (χ0v) is 17.6. The molecule has 0 bridgehead atoms. The van der Waals surface area contributed by atoms with Crippen LogP contribution in [0.3, 0.4) is 0 Å². The fraction of sp³-hybridized carbons (Fsp3) is 0.500. The quantitative estimate of drug-likeness (QED) is 0.784. The molecule has 3 atom stereocenters. The van der Waals surface area contributed by atoms with E-state index in [0.717, 1.165) is 49.3 Å². The molecule has 0 radical (unpaired) electrons. The first-order chi connectivity index (χ1) is 12.7. The Hall–Kier alpha value is -1.60. The van der Waals surface area contributed by atoms with Gasteiger partial charge in [-0.2, -0.15) is 0 Å². The Bertz CT molecular complexity index is 798. The molecule has 154 valence electrons. The van der Waals surface area contributed by atoms with Crippen molar-refractivity contribution in [3.63, 3.8) is 0 Å². The number of hydrogen-bond acceptors (Lipinski definition) is 4. The van der Waals surface area contributed by atoms with E-state index in [0.29, 0.717) is 6.54 Å². The Labute approximate surface area is 178 Å². The van der Waals surface area contributed by atoms with Crippen molar-refractivity contribution in [3.8, 4) is 11.3 Å². The molecule has 28 heavy (non-hydrogen) atoms. The second kappa shape index (κ2) is 9.74. The number of H-pyrrole nitrogens is 1. The zero-order valence-electron chi connectivity index (χ0n) is 16.0. The van der Waals surface area contributed by atoms with Gasteiger partial charge in [-0.05, 0) is 44.2 Å². The van der Waals surface area contributed by atoms with Gasteiger partial charge in [0.25, 0.3) is 5.91 Å². The molecule has 2 aliphatic rings. The van der Waals surface area contributed by atoms with E-state index < -0.39 is 0 Å². The number of likely N-dealkylation sites (tertiary alicyclic amines) is 1. The van der Waals surface area contributed by atoms with Gasteiger partial charge in [0, 0.05) is 13.1 Å². The van der Waals surface area contributed by atoms with Crippen LogP contribution in [0, 0.1) is 6.92 Å². The maximum Gasteiger partial charge on any atom is 0.252 e. The molecule has 2 aliphatic heterocycles. The van der Waals surface area contributed by atoms with Crippen LogP contribution in [0.5, 0.6) is 0 Å². The number of hydrogen-bond donors (Lipinski definition) is 2. The molecular formula is C20H28Cl2N4O2. The number of aromatic nitrogens is 2. The Morgan fingerprint density at radius 3 is 2.86 bits per heavy atom. The van der Waals surface area contributed by atoms with Crippen molar-refractivity contribution in [1.82, 2.24) is 14.9 Å². The molecule has 4 rings (SSSR count). The summed E-state index contributed by atoms with van der Waals surface area (Å²) in [5, 5.41) is 0. The van der Waals surface area contributed by atoms with Gasteiger partial charge in [0.15, 0.2) is 0 Å². The van der Waals surface area contributed by atoms with Gasteiger partial charge in [0.05, 0.1) is 24.0 Å². The van der Waals surface area contributed by atoms with Gasteiger partial charge in [-0.25, -0.2) is 4.98 Å². The second-order valence-corrected chi connectivity index (χ2v) is 7.30. The van der Waals surface area contributed by atoms with E-state index in [1.807, 2.05) is 17.2 Å². The summed E-state index contributed by atoms with van der Waals surface area (Å²) in [6, 6.07) is 8.33. The van der Waals surface area contributed by atoms with Crippen LogP contribution < -0.4 is 5.73 Å². The molecule has 8 heteroatoms. The summed E-state index contributed by atoms with van der Waals surface area (Å²) >= 11 is 0. The number of carbonyl (C=O) groups excluding carboxylic acids is 1. The van der Waals surface area contributed by atoms with E-state index in [4.69, 9.17) is 10.5 Å². The Morgan fingerprint density at radius 2 is 2.14 bits per heavy atom. The molecule has 1 aromatic heterocycles. The lowest BCUT2D eigenvalue weighted by atomic mass is 10.1. The standard InChI is InChI=1S/C20H26N4O2.2ClH/c1-13-4-2-5-14(10-13)16-12-22-19(23-16)17-6-3-9-24(17)20(25)18-8-7-15(11-21)26-18;;/h2,4-5,10,12,15,17-18H,3,6-9,11,21H2,1H3,(H,22,23);2*1H/t15-,17?,18+;;/m1../s1. The van der Waals surface area contributed by atoms with Crippen LogP contribution in [0.4, 0.5) is 0 Å². The fourth-order valence-corrected chi connectivity index (χ4v) is 4.03. The maximum atomic E-state index is 12.9. The number of rotatable bonds is 4. The largest absolute Gasteiger partial charge is 0.364 e. The molecule has 2 aromatic rings. The van der Waals surface area contributed by atoms with E-state index in [1.165, 1.54) is 5.56 Å².